The number of anilines is 1. The molecule has 0 unspecified atom stereocenters. The van der Waals surface area contributed by atoms with Gasteiger partial charge in [-0.25, -0.2) is 0 Å². The molecule has 5 heteroatoms. The van der Waals surface area contributed by atoms with Crippen LogP contribution in [0.1, 0.15) is 32.6 Å². The predicted octanol–water partition coefficient (Wildman–Crippen LogP) is 2.08. The van der Waals surface area contributed by atoms with Gasteiger partial charge in [-0.1, -0.05) is 31.0 Å². The van der Waals surface area contributed by atoms with Crippen molar-refractivity contribution in [3.63, 3.8) is 0 Å². The van der Waals surface area contributed by atoms with E-state index in [2.05, 4.69) is 52.4 Å². The summed E-state index contributed by atoms with van der Waals surface area (Å²) in [5.74, 6) is 0.950. The molecule has 0 atom stereocenters. The molecule has 2 fully saturated rings. The second-order valence-corrected chi connectivity index (χ2v) is 6.91. The molecule has 24 heavy (non-hydrogen) atoms. The highest BCUT2D eigenvalue weighted by Gasteiger charge is 2.31. The lowest BCUT2D eigenvalue weighted by atomic mass is 10.0. The number of guanidine groups is 1. The zero-order chi connectivity index (χ0) is 16.8. The van der Waals surface area contributed by atoms with E-state index in [-0.39, 0.29) is 0 Å². The topological polar surface area (TPSA) is 51.1 Å². The molecule has 1 aromatic carbocycles. The smallest absolute Gasteiger partial charge is 0.194 e. The van der Waals surface area contributed by atoms with Crippen molar-refractivity contribution < 1.29 is 5.11 Å². The summed E-state index contributed by atoms with van der Waals surface area (Å²) in [6, 6.07) is 10.6. The maximum atomic E-state index is 10.5. The number of aliphatic hydroxyl groups is 1. The SMILES string of the molecule is CCNC(=NCC1(O)CCCC1)N1CCN(c2ccccc2)CC1. The minimum absolute atomic E-state index is 0.522. The van der Waals surface area contributed by atoms with Crippen molar-refractivity contribution in [3.8, 4) is 0 Å². The van der Waals surface area contributed by atoms with Gasteiger partial charge in [0, 0.05) is 38.4 Å². The molecule has 5 nitrogen and oxygen atoms in total. The van der Waals surface area contributed by atoms with Crippen LogP contribution in [0.25, 0.3) is 0 Å². The summed E-state index contributed by atoms with van der Waals surface area (Å²) < 4.78 is 0. The van der Waals surface area contributed by atoms with E-state index in [1.807, 2.05) is 0 Å². The largest absolute Gasteiger partial charge is 0.388 e. The molecular weight excluding hydrogens is 300 g/mol. The standard InChI is InChI=1S/C19H30N4O/c1-2-20-18(21-16-19(24)10-6-7-11-19)23-14-12-22(13-15-23)17-8-4-3-5-9-17/h3-5,8-9,24H,2,6-7,10-16H2,1H3,(H,20,21). The summed E-state index contributed by atoms with van der Waals surface area (Å²) in [5.41, 5.74) is 0.714. The third kappa shape index (κ3) is 4.20. The molecule has 1 saturated carbocycles. The first-order valence-corrected chi connectivity index (χ1v) is 9.26. The van der Waals surface area contributed by atoms with Crippen molar-refractivity contribution in [1.29, 1.82) is 0 Å². The molecule has 2 aliphatic rings. The fraction of sp³-hybridized carbons (Fsp3) is 0.632. The Kier molecular flexibility index (Phi) is 5.61. The van der Waals surface area contributed by atoms with Crippen LogP contribution in [-0.4, -0.2) is 60.8 Å². The highest BCUT2D eigenvalue weighted by molar-refractivity contribution is 5.80. The normalized spacial score (nSPS) is 21.2. The van der Waals surface area contributed by atoms with E-state index in [1.54, 1.807) is 0 Å². The van der Waals surface area contributed by atoms with Gasteiger partial charge in [0.05, 0.1) is 12.1 Å². The van der Waals surface area contributed by atoms with Crippen molar-refractivity contribution >= 4 is 11.6 Å². The van der Waals surface area contributed by atoms with Crippen LogP contribution in [0.15, 0.2) is 35.3 Å². The molecule has 1 saturated heterocycles. The first-order valence-electron chi connectivity index (χ1n) is 9.26. The van der Waals surface area contributed by atoms with E-state index in [4.69, 9.17) is 4.99 Å². The van der Waals surface area contributed by atoms with E-state index in [0.29, 0.717) is 6.54 Å². The van der Waals surface area contributed by atoms with E-state index < -0.39 is 5.60 Å². The van der Waals surface area contributed by atoms with Gasteiger partial charge in [0.2, 0.25) is 0 Å². The highest BCUT2D eigenvalue weighted by atomic mass is 16.3. The summed E-state index contributed by atoms with van der Waals surface area (Å²) in [5, 5.41) is 13.9. The van der Waals surface area contributed by atoms with Crippen LogP contribution in [0.5, 0.6) is 0 Å². The average molecular weight is 330 g/mol. The minimum Gasteiger partial charge on any atom is -0.388 e. The molecule has 132 valence electrons. The molecule has 1 heterocycles. The van der Waals surface area contributed by atoms with Gasteiger partial charge >= 0.3 is 0 Å². The van der Waals surface area contributed by atoms with Crippen LogP contribution in [-0.2, 0) is 0 Å². The number of aliphatic imine (C=N–C) groups is 1. The van der Waals surface area contributed by atoms with Gasteiger partial charge in [-0.3, -0.25) is 4.99 Å². The predicted molar refractivity (Wildman–Crippen MR) is 99.6 cm³/mol. The Balaban J connectivity index is 1.59. The first-order chi connectivity index (χ1) is 11.7. The molecule has 0 aromatic heterocycles. The van der Waals surface area contributed by atoms with Gasteiger partial charge in [0.1, 0.15) is 0 Å². The summed E-state index contributed by atoms with van der Waals surface area (Å²) in [6.45, 7) is 7.39. The van der Waals surface area contributed by atoms with Gasteiger partial charge < -0.3 is 20.2 Å². The zero-order valence-corrected chi connectivity index (χ0v) is 14.7. The zero-order valence-electron chi connectivity index (χ0n) is 14.7. The minimum atomic E-state index is -0.577. The lowest BCUT2D eigenvalue weighted by molar-refractivity contribution is 0.0571. The lowest BCUT2D eigenvalue weighted by Gasteiger charge is -2.38. The van der Waals surface area contributed by atoms with E-state index in [0.717, 1.165) is 64.4 Å². The molecule has 1 aromatic rings. The Labute approximate surface area is 145 Å². The first kappa shape index (κ1) is 17.1. The number of hydrogen-bond acceptors (Lipinski definition) is 3. The number of nitrogens with zero attached hydrogens (tertiary/aromatic N) is 3. The molecule has 0 spiro atoms. The van der Waals surface area contributed by atoms with Crippen molar-refractivity contribution in [3.05, 3.63) is 30.3 Å². The van der Waals surface area contributed by atoms with Crippen LogP contribution >= 0.6 is 0 Å². The fourth-order valence-corrected chi connectivity index (χ4v) is 3.65. The Bertz CT molecular complexity index is 532. The van der Waals surface area contributed by atoms with Gasteiger partial charge in [0.25, 0.3) is 0 Å². The maximum absolute atomic E-state index is 10.5. The van der Waals surface area contributed by atoms with E-state index in [1.165, 1.54) is 5.69 Å². The second kappa shape index (κ2) is 7.88. The third-order valence-electron chi connectivity index (χ3n) is 5.09. The number of rotatable bonds is 4. The van der Waals surface area contributed by atoms with Crippen LogP contribution in [0.3, 0.4) is 0 Å². The summed E-state index contributed by atoms with van der Waals surface area (Å²) in [4.78, 5) is 9.49. The third-order valence-corrected chi connectivity index (χ3v) is 5.09. The van der Waals surface area contributed by atoms with Crippen LogP contribution in [0, 0.1) is 0 Å². The fourth-order valence-electron chi connectivity index (χ4n) is 3.65. The van der Waals surface area contributed by atoms with Crippen LogP contribution < -0.4 is 10.2 Å². The Morgan fingerprint density at radius 2 is 1.79 bits per heavy atom. The number of piperazine rings is 1. The quantitative estimate of drug-likeness (QED) is 0.656. The van der Waals surface area contributed by atoms with Crippen molar-refractivity contribution in [1.82, 2.24) is 10.2 Å². The molecule has 3 rings (SSSR count). The molecule has 1 aliphatic carbocycles. The second-order valence-electron chi connectivity index (χ2n) is 6.91. The Morgan fingerprint density at radius 1 is 1.12 bits per heavy atom. The van der Waals surface area contributed by atoms with Crippen LogP contribution in [0.2, 0.25) is 0 Å². The number of nitrogens with one attached hydrogen (secondary N) is 1. The van der Waals surface area contributed by atoms with Crippen molar-refractivity contribution in [2.24, 2.45) is 4.99 Å². The number of para-hydroxylation sites is 1. The molecule has 0 bridgehead atoms. The number of benzene rings is 1. The monoisotopic (exact) mass is 330 g/mol. The molecule has 2 N–H and O–H groups in total. The summed E-state index contributed by atoms with van der Waals surface area (Å²) in [7, 11) is 0. The maximum Gasteiger partial charge on any atom is 0.194 e. The highest BCUT2D eigenvalue weighted by Crippen LogP contribution is 2.29. The number of hydrogen-bond donors (Lipinski definition) is 2. The molecule has 0 radical (unpaired) electrons. The van der Waals surface area contributed by atoms with Gasteiger partial charge in [-0.05, 0) is 31.9 Å². The lowest BCUT2D eigenvalue weighted by Crippen LogP contribution is -2.53. The van der Waals surface area contributed by atoms with Gasteiger partial charge in [-0.15, -0.1) is 0 Å². The van der Waals surface area contributed by atoms with Crippen LogP contribution in [0.4, 0.5) is 5.69 Å². The summed E-state index contributed by atoms with van der Waals surface area (Å²) >= 11 is 0. The van der Waals surface area contributed by atoms with E-state index in [9.17, 15) is 5.11 Å². The van der Waals surface area contributed by atoms with Gasteiger partial charge in [0.15, 0.2) is 5.96 Å². The summed E-state index contributed by atoms with van der Waals surface area (Å²) in [6.07, 6.45) is 4.02. The molecular formula is C19H30N4O. The van der Waals surface area contributed by atoms with Crippen molar-refractivity contribution in [2.75, 3.05) is 44.2 Å². The van der Waals surface area contributed by atoms with Gasteiger partial charge in [-0.2, -0.15) is 0 Å². The van der Waals surface area contributed by atoms with E-state index >= 15 is 0 Å². The molecule has 0 amide bonds. The molecule has 1 aliphatic heterocycles. The Morgan fingerprint density at radius 3 is 2.42 bits per heavy atom. The Hall–Kier alpha value is -1.75. The van der Waals surface area contributed by atoms with Crippen molar-refractivity contribution in [2.45, 2.75) is 38.2 Å². The average Bonchev–Trinajstić information content (AvgIpc) is 3.06.